The van der Waals surface area contributed by atoms with E-state index in [1.165, 1.54) is 61.2 Å². The van der Waals surface area contributed by atoms with Gasteiger partial charge in [0.25, 0.3) is 0 Å². The van der Waals surface area contributed by atoms with E-state index in [2.05, 4.69) is 97.9 Å². The summed E-state index contributed by atoms with van der Waals surface area (Å²) in [6, 6.07) is 34.6. The molecule has 1 heteroatoms. The molecule has 2 aliphatic rings. The van der Waals surface area contributed by atoms with Crippen molar-refractivity contribution in [2.75, 3.05) is 0 Å². The number of hydrogen-bond acceptors (Lipinski definition) is 1. The normalized spacial score (nSPS) is 12.7. The molecule has 0 spiro atoms. The molecule has 0 aliphatic heterocycles. The van der Waals surface area contributed by atoms with Crippen molar-refractivity contribution < 1.29 is 5.11 Å². The SMILES string of the molecule is CCc1ccc(O)c(-c2cccc3c2Cc2ccccc2-3)c1-c1cccc2c1Cc1ccccc1-2. The van der Waals surface area contributed by atoms with Gasteiger partial charge in [-0.3, -0.25) is 0 Å². The van der Waals surface area contributed by atoms with Crippen molar-refractivity contribution in [3.05, 3.63) is 125 Å². The van der Waals surface area contributed by atoms with Crippen molar-refractivity contribution >= 4 is 0 Å². The highest BCUT2D eigenvalue weighted by Gasteiger charge is 2.28. The van der Waals surface area contributed by atoms with Crippen LogP contribution in [0.5, 0.6) is 5.75 Å². The zero-order chi connectivity index (χ0) is 23.5. The van der Waals surface area contributed by atoms with Gasteiger partial charge in [-0.05, 0) is 92.1 Å². The molecule has 5 aromatic carbocycles. The number of hydrogen-bond donors (Lipinski definition) is 1. The maximum atomic E-state index is 11.4. The Morgan fingerprint density at radius 1 is 0.514 bits per heavy atom. The van der Waals surface area contributed by atoms with Crippen LogP contribution >= 0.6 is 0 Å². The van der Waals surface area contributed by atoms with Crippen LogP contribution in [-0.2, 0) is 19.3 Å². The van der Waals surface area contributed by atoms with Gasteiger partial charge in [0.2, 0.25) is 0 Å². The van der Waals surface area contributed by atoms with Crippen molar-refractivity contribution in [1.82, 2.24) is 0 Å². The monoisotopic (exact) mass is 450 g/mol. The molecule has 0 bridgehead atoms. The van der Waals surface area contributed by atoms with Crippen LogP contribution in [-0.4, -0.2) is 5.11 Å². The number of aryl methyl sites for hydroxylation is 1. The second kappa shape index (κ2) is 7.71. The maximum Gasteiger partial charge on any atom is 0.124 e. The summed E-state index contributed by atoms with van der Waals surface area (Å²) >= 11 is 0. The van der Waals surface area contributed by atoms with Crippen molar-refractivity contribution in [2.24, 2.45) is 0 Å². The number of rotatable bonds is 3. The minimum atomic E-state index is 0.356. The fourth-order valence-corrected chi connectivity index (χ4v) is 6.29. The number of benzene rings is 5. The van der Waals surface area contributed by atoms with E-state index < -0.39 is 0 Å². The summed E-state index contributed by atoms with van der Waals surface area (Å²) in [5, 5.41) is 11.4. The second-order valence-corrected chi connectivity index (χ2v) is 9.68. The average Bonchev–Trinajstić information content (AvgIpc) is 3.47. The zero-order valence-corrected chi connectivity index (χ0v) is 19.8. The molecule has 0 fully saturated rings. The molecule has 1 nitrogen and oxygen atoms in total. The van der Waals surface area contributed by atoms with Gasteiger partial charge >= 0.3 is 0 Å². The molecule has 0 heterocycles. The maximum absolute atomic E-state index is 11.4. The molecular weight excluding hydrogens is 424 g/mol. The Kier molecular flexibility index (Phi) is 4.47. The predicted octanol–water partition coefficient (Wildman–Crippen LogP) is 8.43. The van der Waals surface area contributed by atoms with E-state index in [0.717, 1.165) is 30.4 Å². The Hall–Kier alpha value is -4.10. The van der Waals surface area contributed by atoms with Crippen LogP contribution in [0.3, 0.4) is 0 Å². The van der Waals surface area contributed by atoms with E-state index in [-0.39, 0.29) is 0 Å². The molecule has 168 valence electrons. The molecule has 0 atom stereocenters. The van der Waals surface area contributed by atoms with Gasteiger partial charge in [-0.15, -0.1) is 0 Å². The first kappa shape index (κ1) is 20.3. The molecule has 0 radical (unpaired) electrons. The van der Waals surface area contributed by atoms with Crippen LogP contribution in [0.4, 0.5) is 0 Å². The predicted molar refractivity (Wildman–Crippen MR) is 145 cm³/mol. The minimum absolute atomic E-state index is 0.356. The number of phenolic OH excluding ortho intramolecular Hbond substituents is 1. The highest BCUT2D eigenvalue weighted by molar-refractivity contribution is 5.97. The molecule has 2 aliphatic carbocycles. The van der Waals surface area contributed by atoms with E-state index in [1.54, 1.807) is 0 Å². The van der Waals surface area contributed by atoms with Crippen molar-refractivity contribution in [3.8, 4) is 50.3 Å². The topological polar surface area (TPSA) is 20.2 Å². The lowest BCUT2D eigenvalue weighted by Gasteiger charge is -2.21. The average molecular weight is 451 g/mol. The summed E-state index contributed by atoms with van der Waals surface area (Å²) in [7, 11) is 0. The Morgan fingerprint density at radius 2 is 1.00 bits per heavy atom. The highest BCUT2D eigenvalue weighted by Crippen LogP contribution is 2.50. The third kappa shape index (κ3) is 2.94. The van der Waals surface area contributed by atoms with Crippen molar-refractivity contribution in [3.63, 3.8) is 0 Å². The van der Waals surface area contributed by atoms with Crippen LogP contribution < -0.4 is 0 Å². The lowest BCUT2D eigenvalue weighted by atomic mass is 9.83. The summed E-state index contributed by atoms with van der Waals surface area (Å²) in [4.78, 5) is 0. The lowest BCUT2D eigenvalue weighted by Crippen LogP contribution is -1.98. The van der Waals surface area contributed by atoms with Gasteiger partial charge in [0.1, 0.15) is 5.75 Å². The van der Waals surface area contributed by atoms with Crippen LogP contribution in [0.1, 0.15) is 34.7 Å². The largest absolute Gasteiger partial charge is 0.507 e. The van der Waals surface area contributed by atoms with Gasteiger partial charge in [-0.25, -0.2) is 0 Å². The van der Waals surface area contributed by atoms with Crippen molar-refractivity contribution in [2.45, 2.75) is 26.2 Å². The molecule has 5 aromatic rings. The Balaban J connectivity index is 1.51. The molecule has 0 aromatic heterocycles. The summed E-state index contributed by atoms with van der Waals surface area (Å²) in [6.07, 6.45) is 2.74. The summed E-state index contributed by atoms with van der Waals surface area (Å²) in [6.45, 7) is 2.21. The fraction of sp³-hybridized carbons (Fsp3) is 0.118. The molecule has 1 N–H and O–H groups in total. The molecule has 0 amide bonds. The molecule has 35 heavy (non-hydrogen) atoms. The number of phenols is 1. The minimum Gasteiger partial charge on any atom is -0.507 e. The highest BCUT2D eigenvalue weighted by atomic mass is 16.3. The smallest absolute Gasteiger partial charge is 0.124 e. The van der Waals surface area contributed by atoms with Gasteiger partial charge in [-0.2, -0.15) is 0 Å². The first-order valence-electron chi connectivity index (χ1n) is 12.5. The molecule has 7 rings (SSSR count). The summed E-state index contributed by atoms with van der Waals surface area (Å²) in [5.74, 6) is 0.356. The van der Waals surface area contributed by atoms with Crippen molar-refractivity contribution in [1.29, 1.82) is 0 Å². The van der Waals surface area contributed by atoms with Gasteiger partial charge in [0.15, 0.2) is 0 Å². The lowest BCUT2D eigenvalue weighted by molar-refractivity contribution is 0.477. The first-order chi connectivity index (χ1) is 17.2. The van der Waals surface area contributed by atoms with Crippen LogP contribution in [0.25, 0.3) is 44.5 Å². The van der Waals surface area contributed by atoms with E-state index in [4.69, 9.17) is 0 Å². The van der Waals surface area contributed by atoms with Gasteiger partial charge in [0, 0.05) is 5.56 Å². The Bertz CT molecular complexity index is 1640. The van der Waals surface area contributed by atoms with Gasteiger partial charge < -0.3 is 5.11 Å². The second-order valence-electron chi connectivity index (χ2n) is 9.68. The third-order valence-corrected chi connectivity index (χ3v) is 7.89. The van der Waals surface area contributed by atoms with E-state index in [1.807, 2.05) is 6.07 Å². The standard InChI is InChI=1S/C34H26O/c1-2-21-17-18-32(35)34(29-16-8-14-27-25-12-6-4-10-23(25)20-31(27)29)33(21)28-15-7-13-26-24-11-5-3-9-22(24)19-30(26)28/h3-18,35H,2,19-20H2,1H3. The molecule has 0 unspecified atom stereocenters. The van der Waals surface area contributed by atoms with E-state index >= 15 is 0 Å². The van der Waals surface area contributed by atoms with Gasteiger partial charge in [-0.1, -0.05) is 97.9 Å². The summed E-state index contributed by atoms with van der Waals surface area (Å²) in [5.41, 5.74) is 16.5. The Morgan fingerprint density at radius 3 is 1.57 bits per heavy atom. The van der Waals surface area contributed by atoms with E-state index in [0.29, 0.717) is 5.75 Å². The van der Waals surface area contributed by atoms with Gasteiger partial charge in [0.05, 0.1) is 0 Å². The Labute approximate surface area is 206 Å². The van der Waals surface area contributed by atoms with Crippen LogP contribution in [0.2, 0.25) is 0 Å². The quantitative estimate of drug-likeness (QED) is 0.286. The zero-order valence-electron chi connectivity index (χ0n) is 19.8. The summed E-state index contributed by atoms with van der Waals surface area (Å²) < 4.78 is 0. The van der Waals surface area contributed by atoms with Crippen LogP contribution in [0, 0.1) is 0 Å². The fourth-order valence-electron chi connectivity index (χ4n) is 6.29. The first-order valence-corrected chi connectivity index (χ1v) is 12.5. The number of aromatic hydroxyl groups is 1. The molecular formula is C34H26O. The van der Waals surface area contributed by atoms with E-state index in [9.17, 15) is 5.11 Å². The van der Waals surface area contributed by atoms with Crippen LogP contribution in [0.15, 0.2) is 97.1 Å². The third-order valence-electron chi connectivity index (χ3n) is 7.89. The number of fused-ring (bicyclic) bond motifs is 6. The molecule has 0 saturated heterocycles. The molecule has 0 saturated carbocycles.